The van der Waals surface area contributed by atoms with Gasteiger partial charge in [-0.15, -0.1) is 11.3 Å². The number of rotatable bonds is 6. The number of hydrogen-bond donors (Lipinski definition) is 1. The Labute approximate surface area is 176 Å². The largest absolute Gasteiger partial charge is 0.493 e. The Bertz CT molecular complexity index is 998. The van der Waals surface area contributed by atoms with Crippen molar-refractivity contribution in [3.8, 4) is 28.5 Å². The molecule has 1 amide bonds. The third kappa shape index (κ3) is 4.16. The summed E-state index contributed by atoms with van der Waals surface area (Å²) in [6, 6.07) is 8.30. The van der Waals surface area contributed by atoms with Crippen LogP contribution in [0.15, 0.2) is 35.7 Å². The van der Waals surface area contributed by atoms with E-state index in [0.29, 0.717) is 43.7 Å². The van der Waals surface area contributed by atoms with Crippen LogP contribution in [-0.2, 0) is 0 Å². The first-order chi connectivity index (χ1) is 13.5. The molecule has 0 aliphatic carbocycles. The highest BCUT2D eigenvalue weighted by Crippen LogP contribution is 2.38. The Morgan fingerprint density at radius 2 is 1.71 bits per heavy atom. The number of halogens is 2. The minimum Gasteiger partial charge on any atom is -0.493 e. The molecule has 1 heterocycles. The lowest BCUT2D eigenvalue weighted by Crippen LogP contribution is -2.12. The molecule has 0 aliphatic rings. The monoisotopic (exact) mass is 438 g/mol. The number of carbonyl (C=O) groups excluding carboxylic acids is 1. The van der Waals surface area contributed by atoms with Crippen LogP contribution >= 0.6 is 34.5 Å². The number of carbonyl (C=O) groups is 1. The van der Waals surface area contributed by atoms with E-state index in [0.717, 1.165) is 5.56 Å². The standard InChI is InChI=1S/C19H16Cl2N2O4S/c1-25-15-6-10(7-16(26-2)17(15)27-3)18(24)23-19-22-14(9-28-19)12-5-4-11(20)8-13(12)21/h4-9H,1-3H3,(H,22,23,24). The molecule has 0 saturated carbocycles. The van der Waals surface area contributed by atoms with Gasteiger partial charge < -0.3 is 14.2 Å². The van der Waals surface area contributed by atoms with Crippen molar-refractivity contribution in [1.29, 1.82) is 0 Å². The molecule has 0 saturated heterocycles. The van der Waals surface area contributed by atoms with Gasteiger partial charge in [0.05, 0.1) is 32.0 Å². The molecule has 0 radical (unpaired) electrons. The fourth-order valence-electron chi connectivity index (χ4n) is 2.53. The SMILES string of the molecule is COc1cc(C(=O)Nc2nc(-c3ccc(Cl)cc3Cl)cs2)cc(OC)c1OC. The van der Waals surface area contributed by atoms with Gasteiger partial charge in [-0.05, 0) is 30.3 Å². The number of aromatic nitrogens is 1. The minimum atomic E-state index is -0.359. The van der Waals surface area contributed by atoms with Gasteiger partial charge in [-0.2, -0.15) is 0 Å². The van der Waals surface area contributed by atoms with Crippen molar-refractivity contribution in [1.82, 2.24) is 4.98 Å². The van der Waals surface area contributed by atoms with Crippen LogP contribution in [0.2, 0.25) is 10.0 Å². The minimum absolute atomic E-state index is 0.343. The lowest BCUT2D eigenvalue weighted by molar-refractivity contribution is 0.102. The van der Waals surface area contributed by atoms with Crippen LogP contribution in [-0.4, -0.2) is 32.2 Å². The van der Waals surface area contributed by atoms with Gasteiger partial charge in [0.1, 0.15) is 0 Å². The normalized spacial score (nSPS) is 10.5. The van der Waals surface area contributed by atoms with Crippen molar-refractivity contribution in [2.24, 2.45) is 0 Å². The van der Waals surface area contributed by atoms with E-state index in [9.17, 15) is 4.79 Å². The van der Waals surface area contributed by atoms with E-state index in [-0.39, 0.29) is 5.91 Å². The highest BCUT2D eigenvalue weighted by atomic mass is 35.5. The molecule has 0 aliphatic heterocycles. The lowest BCUT2D eigenvalue weighted by atomic mass is 10.1. The Balaban J connectivity index is 1.85. The Kier molecular flexibility index (Phi) is 6.28. The van der Waals surface area contributed by atoms with E-state index < -0.39 is 0 Å². The number of amides is 1. The van der Waals surface area contributed by atoms with Crippen molar-refractivity contribution in [3.63, 3.8) is 0 Å². The number of thiazole rings is 1. The molecule has 0 atom stereocenters. The van der Waals surface area contributed by atoms with Gasteiger partial charge in [-0.1, -0.05) is 23.2 Å². The van der Waals surface area contributed by atoms with Gasteiger partial charge >= 0.3 is 0 Å². The maximum Gasteiger partial charge on any atom is 0.257 e. The van der Waals surface area contributed by atoms with Crippen LogP contribution < -0.4 is 19.5 Å². The van der Waals surface area contributed by atoms with Gasteiger partial charge in [-0.25, -0.2) is 4.98 Å². The zero-order valence-corrected chi connectivity index (χ0v) is 17.5. The van der Waals surface area contributed by atoms with Gasteiger partial charge in [0.25, 0.3) is 5.91 Å². The number of benzene rings is 2. The summed E-state index contributed by atoms with van der Waals surface area (Å²) in [5, 5.41) is 6.03. The third-order valence-electron chi connectivity index (χ3n) is 3.86. The van der Waals surface area contributed by atoms with Gasteiger partial charge in [0.15, 0.2) is 16.6 Å². The second kappa shape index (κ2) is 8.68. The first-order valence-electron chi connectivity index (χ1n) is 7.99. The van der Waals surface area contributed by atoms with Crippen molar-refractivity contribution in [3.05, 3.63) is 51.3 Å². The fraction of sp³-hybridized carbons (Fsp3) is 0.158. The third-order valence-corrected chi connectivity index (χ3v) is 5.16. The Hall–Kier alpha value is -2.48. The van der Waals surface area contributed by atoms with Crippen molar-refractivity contribution >= 4 is 45.6 Å². The summed E-state index contributed by atoms with van der Waals surface area (Å²) >= 11 is 13.4. The Morgan fingerprint density at radius 3 is 2.29 bits per heavy atom. The van der Waals surface area contributed by atoms with Crippen LogP contribution in [0.3, 0.4) is 0 Å². The molecule has 3 aromatic rings. The predicted octanol–water partition coefficient (Wildman–Crippen LogP) is 5.40. The first kappa shape index (κ1) is 20.3. The summed E-state index contributed by atoms with van der Waals surface area (Å²) in [6.07, 6.45) is 0. The molecule has 0 bridgehead atoms. The molecular formula is C19H16Cl2N2O4S. The lowest BCUT2D eigenvalue weighted by Gasteiger charge is -2.13. The van der Waals surface area contributed by atoms with Crippen LogP contribution in [0, 0.1) is 0 Å². The fourth-order valence-corrected chi connectivity index (χ4v) is 3.74. The molecule has 1 aromatic heterocycles. The summed E-state index contributed by atoms with van der Waals surface area (Å²) in [6.45, 7) is 0. The average Bonchev–Trinajstić information content (AvgIpc) is 3.14. The van der Waals surface area contributed by atoms with Crippen molar-refractivity contribution < 1.29 is 19.0 Å². The second-order valence-electron chi connectivity index (χ2n) is 5.53. The summed E-state index contributed by atoms with van der Waals surface area (Å²) in [7, 11) is 4.48. The zero-order valence-electron chi connectivity index (χ0n) is 15.2. The highest BCUT2D eigenvalue weighted by Gasteiger charge is 2.18. The quantitative estimate of drug-likeness (QED) is 0.558. The molecule has 0 fully saturated rings. The van der Waals surface area contributed by atoms with Gasteiger partial charge in [-0.3, -0.25) is 10.1 Å². The number of ether oxygens (including phenoxy) is 3. The van der Waals surface area contributed by atoms with E-state index in [1.807, 2.05) is 0 Å². The molecular weight excluding hydrogens is 423 g/mol. The molecule has 146 valence electrons. The number of nitrogens with zero attached hydrogens (tertiary/aromatic N) is 1. The molecule has 28 heavy (non-hydrogen) atoms. The van der Waals surface area contributed by atoms with E-state index in [1.54, 1.807) is 35.7 Å². The van der Waals surface area contributed by atoms with Crippen LogP contribution in [0.25, 0.3) is 11.3 Å². The predicted molar refractivity (Wildman–Crippen MR) is 112 cm³/mol. The molecule has 6 nitrogen and oxygen atoms in total. The highest BCUT2D eigenvalue weighted by molar-refractivity contribution is 7.14. The summed E-state index contributed by atoms with van der Waals surface area (Å²) in [5.41, 5.74) is 1.72. The van der Waals surface area contributed by atoms with E-state index in [2.05, 4.69) is 10.3 Å². The molecule has 0 spiro atoms. The van der Waals surface area contributed by atoms with E-state index >= 15 is 0 Å². The zero-order chi connectivity index (χ0) is 20.3. The second-order valence-corrected chi connectivity index (χ2v) is 7.23. The van der Waals surface area contributed by atoms with Gasteiger partial charge in [0.2, 0.25) is 5.75 Å². The average molecular weight is 439 g/mol. The van der Waals surface area contributed by atoms with Crippen LogP contribution in [0.5, 0.6) is 17.2 Å². The Morgan fingerprint density at radius 1 is 1.04 bits per heavy atom. The van der Waals surface area contributed by atoms with E-state index in [1.165, 1.54) is 32.7 Å². The number of hydrogen-bond acceptors (Lipinski definition) is 6. The maximum atomic E-state index is 12.7. The van der Waals surface area contributed by atoms with Gasteiger partial charge in [0, 0.05) is 21.5 Å². The molecule has 1 N–H and O–H groups in total. The van der Waals surface area contributed by atoms with Crippen LogP contribution in [0.1, 0.15) is 10.4 Å². The maximum absolute atomic E-state index is 12.7. The van der Waals surface area contributed by atoms with Crippen molar-refractivity contribution in [2.45, 2.75) is 0 Å². The van der Waals surface area contributed by atoms with Crippen LogP contribution in [0.4, 0.5) is 5.13 Å². The van der Waals surface area contributed by atoms with E-state index in [4.69, 9.17) is 37.4 Å². The van der Waals surface area contributed by atoms with Crippen molar-refractivity contribution in [2.75, 3.05) is 26.6 Å². The molecule has 0 unspecified atom stereocenters. The molecule has 2 aromatic carbocycles. The number of anilines is 1. The summed E-state index contributed by atoms with van der Waals surface area (Å²) in [4.78, 5) is 17.1. The summed E-state index contributed by atoms with van der Waals surface area (Å²) < 4.78 is 15.8. The summed E-state index contributed by atoms with van der Waals surface area (Å²) in [5.74, 6) is 0.831. The topological polar surface area (TPSA) is 69.7 Å². The first-order valence-corrected chi connectivity index (χ1v) is 9.62. The number of nitrogens with one attached hydrogen (secondary N) is 1. The smallest absolute Gasteiger partial charge is 0.257 e. The molecule has 9 heteroatoms. The molecule has 3 rings (SSSR count). The number of methoxy groups -OCH3 is 3.